The normalized spacial score (nSPS) is 12.2. The van der Waals surface area contributed by atoms with Crippen LogP contribution in [0.4, 0.5) is 4.39 Å². The Bertz CT molecular complexity index is 640. The summed E-state index contributed by atoms with van der Waals surface area (Å²) < 4.78 is 13.8. The second-order valence-corrected chi connectivity index (χ2v) is 5.12. The Morgan fingerprint density at radius 2 is 2.00 bits per heavy atom. The molecule has 1 N–H and O–H groups in total. The largest absolute Gasteiger partial charge is 0.481 e. The molecule has 0 aromatic heterocycles. The van der Waals surface area contributed by atoms with Crippen molar-refractivity contribution in [3.63, 3.8) is 0 Å². The van der Waals surface area contributed by atoms with E-state index in [1.165, 1.54) is 18.2 Å². The Morgan fingerprint density at radius 1 is 1.30 bits per heavy atom. The predicted molar refractivity (Wildman–Crippen MR) is 76.7 cm³/mol. The van der Waals surface area contributed by atoms with Gasteiger partial charge in [-0.05, 0) is 36.6 Å². The maximum atomic E-state index is 13.8. The predicted octanol–water partition coefficient (Wildman–Crippen LogP) is 4.20. The number of hydrogen-bond acceptors (Lipinski definition) is 1. The number of rotatable bonds is 4. The van der Waals surface area contributed by atoms with Gasteiger partial charge < -0.3 is 5.11 Å². The molecule has 0 bridgehead atoms. The van der Waals surface area contributed by atoms with Gasteiger partial charge in [-0.2, -0.15) is 0 Å². The lowest BCUT2D eigenvalue weighted by atomic mass is 9.91. The standard InChI is InChI=1S/C16H14ClFO2/c1-10-6-7-11(14(17)8-10)9-13(16(19)20)12-4-2-3-5-15(12)18/h2-8,13H,9H2,1H3,(H,19,20). The Hall–Kier alpha value is -1.87. The van der Waals surface area contributed by atoms with E-state index < -0.39 is 17.7 Å². The van der Waals surface area contributed by atoms with E-state index in [1.807, 2.05) is 13.0 Å². The van der Waals surface area contributed by atoms with E-state index in [-0.39, 0.29) is 12.0 Å². The first-order valence-electron chi connectivity index (χ1n) is 6.21. The van der Waals surface area contributed by atoms with Crippen LogP contribution in [0.1, 0.15) is 22.6 Å². The summed E-state index contributed by atoms with van der Waals surface area (Å²) in [6.07, 6.45) is 0.162. The summed E-state index contributed by atoms with van der Waals surface area (Å²) in [5.41, 5.74) is 1.88. The second-order valence-electron chi connectivity index (χ2n) is 4.71. The van der Waals surface area contributed by atoms with Gasteiger partial charge in [0, 0.05) is 10.6 Å². The molecule has 0 aliphatic rings. The molecular formula is C16H14ClFO2. The smallest absolute Gasteiger partial charge is 0.311 e. The third kappa shape index (κ3) is 3.17. The first-order valence-corrected chi connectivity index (χ1v) is 6.59. The molecule has 20 heavy (non-hydrogen) atoms. The number of aryl methyl sites for hydroxylation is 1. The summed E-state index contributed by atoms with van der Waals surface area (Å²) in [6.45, 7) is 1.90. The van der Waals surface area contributed by atoms with E-state index >= 15 is 0 Å². The van der Waals surface area contributed by atoms with E-state index in [0.29, 0.717) is 10.6 Å². The number of halogens is 2. The molecule has 1 unspecified atom stereocenters. The molecule has 0 saturated heterocycles. The highest BCUT2D eigenvalue weighted by Gasteiger charge is 2.24. The zero-order valence-corrected chi connectivity index (χ0v) is 11.7. The minimum absolute atomic E-state index is 0.162. The minimum atomic E-state index is -1.06. The van der Waals surface area contributed by atoms with Crippen LogP contribution in [-0.4, -0.2) is 11.1 Å². The van der Waals surface area contributed by atoms with Gasteiger partial charge in [-0.1, -0.05) is 41.9 Å². The van der Waals surface area contributed by atoms with Gasteiger partial charge in [0.25, 0.3) is 0 Å². The summed E-state index contributed by atoms with van der Waals surface area (Å²) in [4.78, 5) is 11.4. The first kappa shape index (κ1) is 14.5. The molecule has 4 heteroatoms. The summed E-state index contributed by atoms with van der Waals surface area (Å²) in [6, 6.07) is 11.4. The Kier molecular flexibility index (Phi) is 4.40. The molecule has 0 heterocycles. The lowest BCUT2D eigenvalue weighted by Crippen LogP contribution is -2.16. The Morgan fingerprint density at radius 3 is 2.60 bits per heavy atom. The van der Waals surface area contributed by atoms with Gasteiger partial charge in [0.2, 0.25) is 0 Å². The molecule has 0 spiro atoms. The van der Waals surface area contributed by atoms with Gasteiger partial charge in [-0.25, -0.2) is 4.39 Å². The van der Waals surface area contributed by atoms with Gasteiger partial charge in [-0.15, -0.1) is 0 Å². The monoisotopic (exact) mass is 292 g/mol. The van der Waals surface area contributed by atoms with Crippen molar-refractivity contribution in [1.82, 2.24) is 0 Å². The third-order valence-electron chi connectivity index (χ3n) is 3.21. The van der Waals surface area contributed by atoms with Crippen LogP contribution in [0.5, 0.6) is 0 Å². The zero-order chi connectivity index (χ0) is 14.7. The van der Waals surface area contributed by atoms with Gasteiger partial charge in [-0.3, -0.25) is 4.79 Å². The highest BCUT2D eigenvalue weighted by Crippen LogP contribution is 2.27. The van der Waals surface area contributed by atoms with Crippen LogP contribution in [0, 0.1) is 12.7 Å². The Balaban J connectivity index is 2.36. The highest BCUT2D eigenvalue weighted by molar-refractivity contribution is 6.31. The van der Waals surface area contributed by atoms with Gasteiger partial charge in [0.05, 0.1) is 5.92 Å². The number of benzene rings is 2. The summed E-state index contributed by atoms with van der Waals surface area (Å²) in [5, 5.41) is 9.86. The zero-order valence-electron chi connectivity index (χ0n) is 10.9. The minimum Gasteiger partial charge on any atom is -0.481 e. The van der Waals surface area contributed by atoms with E-state index in [9.17, 15) is 14.3 Å². The second kappa shape index (κ2) is 6.06. The molecule has 0 fully saturated rings. The van der Waals surface area contributed by atoms with Crippen molar-refractivity contribution in [3.8, 4) is 0 Å². The molecule has 0 aliphatic carbocycles. The lowest BCUT2D eigenvalue weighted by molar-refractivity contribution is -0.138. The summed E-state index contributed by atoms with van der Waals surface area (Å²) in [5.74, 6) is -2.52. The molecule has 2 aromatic rings. The number of carboxylic acids is 1. The van der Waals surface area contributed by atoms with Crippen LogP contribution >= 0.6 is 11.6 Å². The van der Waals surface area contributed by atoms with Crippen molar-refractivity contribution in [1.29, 1.82) is 0 Å². The number of carboxylic acid groups (broad SMARTS) is 1. The summed E-state index contributed by atoms with van der Waals surface area (Å²) >= 11 is 6.12. The number of carbonyl (C=O) groups is 1. The van der Waals surface area contributed by atoms with E-state index in [1.54, 1.807) is 18.2 Å². The summed E-state index contributed by atoms with van der Waals surface area (Å²) in [7, 11) is 0. The van der Waals surface area contributed by atoms with Crippen LogP contribution in [0.3, 0.4) is 0 Å². The quantitative estimate of drug-likeness (QED) is 0.917. The average molecular weight is 293 g/mol. The van der Waals surface area contributed by atoms with Crippen molar-refractivity contribution in [3.05, 3.63) is 70.0 Å². The fourth-order valence-electron chi connectivity index (χ4n) is 2.13. The van der Waals surface area contributed by atoms with Gasteiger partial charge in [0.15, 0.2) is 0 Å². The SMILES string of the molecule is Cc1ccc(CC(C(=O)O)c2ccccc2F)c(Cl)c1. The van der Waals surface area contributed by atoms with Crippen LogP contribution in [0.15, 0.2) is 42.5 Å². The molecule has 2 aromatic carbocycles. The fourth-order valence-corrected chi connectivity index (χ4v) is 2.44. The maximum absolute atomic E-state index is 13.8. The molecule has 2 nitrogen and oxygen atoms in total. The third-order valence-corrected chi connectivity index (χ3v) is 3.56. The first-order chi connectivity index (χ1) is 9.49. The lowest BCUT2D eigenvalue weighted by Gasteiger charge is -2.15. The maximum Gasteiger partial charge on any atom is 0.311 e. The molecule has 2 rings (SSSR count). The van der Waals surface area contributed by atoms with Crippen LogP contribution < -0.4 is 0 Å². The molecule has 104 valence electrons. The van der Waals surface area contributed by atoms with Crippen LogP contribution in [-0.2, 0) is 11.2 Å². The average Bonchev–Trinajstić information content (AvgIpc) is 2.39. The molecule has 0 saturated carbocycles. The van der Waals surface area contributed by atoms with Crippen LogP contribution in [0.25, 0.3) is 0 Å². The van der Waals surface area contributed by atoms with E-state index in [0.717, 1.165) is 5.56 Å². The van der Waals surface area contributed by atoms with Crippen LogP contribution in [0.2, 0.25) is 5.02 Å². The molecule has 0 radical (unpaired) electrons. The van der Waals surface area contributed by atoms with E-state index in [4.69, 9.17) is 11.6 Å². The topological polar surface area (TPSA) is 37.3 Å². The molecule has 0 aliphatic heterocycles. The van der Waals surface area contributed by atoms with E-state index in [2.05, 4.69) is 0 Å². The van der Waals surface area contributed by atoms with Gasteiger partial charge in [0.1, 0.15) is 5.82 Å². The van der Waals surface area contributed by atoms with Crippen molar-refractivity contribution in [2.24, 2.45) is 0 Å². The Labute approximate surface area is 121 Å². The number of aliphatic carboxylic acids is 1. The number of hydrogen-bond donors (Lipinski definition) is 1. The molecular weight excluding hydrogens is 279 g/mol. The fraction of sp³-hybridized carbons (Fsp3) is 0.188. The molecule has 0 amide bonds. The van der Waals surface area contributed by atoms with Crippen molar-refractivity contribution < 1.29 is 14.3 Å². The van der Waals surface area contributed by atoms with Crippen molar-refractivity contribution >= 4 is 17.6 Å². The molecule has 1 atom stereocenters. The van der Waals surface area contributed by atoms with Crippen molar-refractivity contribution in [2.75, 3.05) is 0 Å². The van der Waals surface area contributed by atoms with Crippen molar-refractivity contribution in [2.45, 2.75) is 19.3 Å². The van der Waals surface area contributed by atoms with Gasteiger partial charge >= 0.3 is 5.97 Å². The highest BCUT2D eigenvalue weighted by atomic mass is 35.5.